The van der Waals surface area contributed by atoms with Crippen LogP contribution in [0.5, 0.6) is 0 Å². The Labute approximate surface area is 127 Å². The number of rotatable bonds is 6. The molecule has 0 saturated heterocycles. The van der Waals surface area contributed by atoms with Gasteiger partial charge in [-0.3, -0.25) is 4.99 Å². The molecule has 20 heavy (non-hydrogen) atoms. The van der Waals surface area contributed by atoms with Gasteiger partial charge in [0.05, 0.1) is 6.54 Å². The highest BCUT2D eigenvalue weighted by Gasteiger charge is 2.19. The van der Waals surface area contributed by atoms with Gasteiger partial charge >= 0.3 is 0 Å². The van der Waals surface area contributed by atoms with Crippen molar-refractivity contribution in [3.8, 4) is 0 Å². The molecule has 0 atom stereocenters. The number of aryl methyl sites for hydroxylation is 1. The van der Waals surface area contributed by atoms with Crippen molar-refractivity contribution in [3.05, 3.63) is 21.9 Å². The summed E-state index contributed by atoms with van der Waals surface area (Å²) in [6.07, 6.45) is 0. The fraction of sp³-hybridized carbons (Fsp3) is 0.667. The average Bonchev–Trinajstić information content (AvgIpc) is 2.73. The van der Waals surface area contributed by atoms with E-state index in [2.05, 4.69) is 66.8 Å². The van der Waals surface area contributed by atoms with Gasteiger partial charge < -0.3 is 15.5 Å². The first-order chi connectivity index (χ1) is 9.34. The fourth-order valence-electron chi connectivity index (χ4n) is 2.20. The van der Waals surface area contributed by atoms with E-state index in [1.54, 1.807) is 11.3 Å². The minimum absolute atomic E-state index is 0.208. The van der Waals surface area contributed by atoms with Crippen molar-refractivity contribution in [2.45, 2.75) is 27.3 Å². The second-order valence-electron chi connectivity index (χ2n) is 6.21. The average molecular weight is 296 g/mol. The first-order valence-electron chi connectivity index (χ1n) is 6.96. The molecule has 0 aliphatic heterocycles. The van der Waals surface area contributed by atoms with E-state index in [9.17, 15) is 0 Å². The number of hydrogen-bond acceptors (Lipinski definition) is 3. The fourth-order valence-corrected chi connectivity index (χ4v) is 3.05. The third-order valence-corrected chi connectivity index (χ3v) is 4.11. The summed E-state index contributed by atoms with van der Waals surface area (Å²) in [6, 6.07) is 2.15. The molecule has 4 nitrogen and oxygen atoms in total. The van der Waals surface area contributed by atoms with Gasteiger partial charge in [-0.15, -0.1) is 11.3 Å². The highest BCUT2D eigenvalue weighted by Crippen LogP contribution is 2.15. The maximum absolute atomic E-state index is 4.28. The quantitative estimate of drug-likeness (QED) is 0.625. The van der Waals surface area contributed by atoms with Crippen molar-refractivity contribution in [3.63, 3.8) is 0 Å². The Morgan fingerprint density at radius 3 is 2.55 bits per heavy atom. The topological polar surface area (TPSA) is 39.7 Å². The molecule has 0 unspecified atom stereocenters. The molecule has 0 bridgehead atoms. The van der Waals surface area contributed by atoms with E-state index in [4.69, 9.17) is 0 Å². The van der Waals surface area contributed by atoms with Crippen LogP contribution in [-0.4, -0.2) is 45.1 Å². The van der Waals surface area contributed by atoms with Crippen LogP contribution in [0.2, 0.25) is 0 Å². The molecule has 1 heterocycles. The van der Waals surface area contributed by atoms with Crippen molar-refractivity contribution in [2.75, 3.05) is 34.2 Å². The standard InChI is InChI=1S/C15H28N4S/c1-12-7-8-20-13(12)9-17-14(16-4)18-10-15(2,3)11-19(5)6/h7-8H,9-11H2,1-6H3,(H2,16,17,18). The number of hydrogen-bond donors (Lipinski definition) is 2. The SMILES string of the molecule is CN=C(NCc1sccc1C)NCC(C)(C)CN(C)C. The van der Waals surface area contributed by atoms with Crippen LogP contribution in [0, 0.1) is 12.3 Å². The summed E-state index contributed by atoms with van der Waals surface area (Å²) in [5.41, 5.74) is 1.55. The summed E-state index contributed by atoms with van der Waals surface area (Å²) >= 11 is 1.78. The maximum Gasteiger partial charge on any atom is 0.191 e. The van der Waals surface area contributed by atoms with Crippen molar-refractivity contribution < 1.29 is 0 Å². The summed E-state index contributed by atoms with van der Waals surface area (Å²) in [5.74, 6) is 0.865. The van der Waals surface area contributed by atoms with Gasteiger partial charge in [-0.1, -0.05) is 13.8 Å². The van der Waals surface area contributed by atoms with E-state index in [1.165, 1.54) is 10.4 Å². The van der Waals surface area contributed by atoms with Crippen molar-refractivity contribution in [2.24, 2.45) is 10.4 Å². The zero-order chi connectivity index (χ0) is 15.2. The predicted molar refractivity (Wildman–Crippen MR) is 89.6 cm³/mol. The van der Waals surface area contributed by atoms with Gasteiger partial charge in [0.2, 0.25) is 0 Å². The van der Waals surface area contributed by atoms with Gasteiger partial charge in [0.1, 0.15) is 0 Å². The lowest BCUT2D eigenvalue weighted by molar-refractivity contribution is 0.241. The minimum atomic E-state index is 0.208. The molecule has 1 aromatic heterocycles. The molecule has 0 spiro atoms. The predicted octanol–water partition coefficient (Wildman–Crippen LogP) is 2.31. The lowest BCUT2D eigenvalue weighted by Crippen LogP contribution is -2.44. The molecule has 2 N–H and O–H groups in total. The number of guanidine groups is 1. The van der Waals surface area contributed by atoms with Crippen LogP contribution in [0.25, 0.3) is 0 Å². The molecule has 1 aromatic rings. The molecule has 0 amide bonds. The van der Waals surface area contributed by atoms with Crippen LogP contribution in [0.4, 0.5) is 0 Å². The number of nitrogens with zero attached hydrogens (tertiary/aromatic N) is 2. The number of aliphatic imine (C=N–C) groups is 1. The first-order valence-corrected chi connectivity index (χ1v) is 7.84. The van der Waals surface area contributed by atoms with Gasteiger partial charge in [-0.05, 0) is 43.4 Å². The van der Waals surface area contributed by atoms with Gasteiger partial charge in [0.15, 0.2) is 5.96 Å². The Kier molecular flexibility index (Phi) is 6.49. The van der Waals surface area contributed by atoms with Crippen molar-refractivity contribution >= 4 is 17.3 Å². The molecule has 114 valence electrons. The third-order valence-electron chi connectivity index (χ3n) is 3.09. The minimum Gasteiger partial charge on any atom is -0.356 e. The summed E-state index contributed by atoms with van der Waals surface area (Å²) in [6.45, 7) is 9.43. The zero-order valence-electron chi connectivity index (χ0n) is 13.6. The molecule has 0 radical (unpaired) electrons. The van der Waals surface area contributed by atoms with E-state index < -0.39 is 0 Å². The van der Waals surface area contributed by atoms with Gasteiger partial charge in [-0.25, -0.2) is 0 Å². The third kappa shape index (κ3) is 5.92. The van der Waals surface area contributed by atoms with Crippen LogP contribution in [-0.2, 0) is 6.54 Å². The smallest absolute Gasteiger partial charge is 0.191 e. The molecule has 5 heteroatoms. The molecule has 0 aliphatic carbocycles. The van der Waals surface area contributed by atoms with Crippen molar-refractivity contribution in [1.29, 1.82) is 0 Å². The van der Waals surface area contributed by atoms with Crippen LogP contribution >= 0.6 is 11.3 Å². The Balaban J connectivity index is 2.42. The number of nitrogens with one attached hydrogen (secondary N) is 2. The molecule has 1 rings (SSSR count). The van der Waals surface area contributed by atoms with E-state index in [0.29, 0.717) is 0 Å². The van der Waals surface area contributed by atoms with Crippen LogP contribution in [0.15, 0.2) is 16.4 Å². The summed E-state index contributed by atoms with van der Waals surface area (Å²) in [5, 5.41) is 8.92. The second-order valence-corrected chi connectivity index (χ2v) is 7.21. The van der Waals surface area contributed by atoms with E-state index in [-0.39, 0.29) is 5.41 Å². The Bertz CT molecular complexity index is 435. The molecule has 0 saturated carbocycles. The Morgan fingerprint density at radius 1 is 1.35 bits per heavy atom. The number of thiophene rings is 1. The molecular formula is C15H28N4S. The summed E-state index contributed by atoms with van der Waals surface area (Å²) in [7, 11) is 6.03. The molecule has 0 aromatic carbocycles. The lowest BCUT2D eigenvalue weighted by Gasteiger charge is -2.29. The summed E-state index contributed by atoms with van der Waals surface area (Å²) in [4.78, 5) is 7.86. The molecular weight excluding hydrogens is 268 g/mol. The highest BCUT2D eigenvalue weighted by molar-refractivity contribution is 7.10. The van der Waals surface area contributed by atoms with Crippen LogP contribution in [0.1, 0.15) is 24.3 Å². The summed E-state index contributed by atoms with van der Waals surface area (Å²) < 4.78 is 0. The van der Waals surface area contributed by atoms with E-state index >= 15 is 0 Å². The van der Waals surface area contributed by atoms with Gasteiger partial charge in [0.25, 0.3) is 0 Å². The zero-order valence-corrected chi connectivity index (χ0v) is 14.4. The monoisotopic (exact) mass is 296 g/mol. The van der Waals surface area contributed by atoms with E-state index in [0.717, 1.165) is 25.6 Å². The van der Waals surface area contributed by atoms with Crippen LogP contribution in [0.3, 0.4) is 0 Å². The van der Waals surface area contributed by atoms with Crippen molar-refractivity contribution in [1.82, 2.24) is 15.5 Å². The first kappa shape index (κ1) is 17.0. The highest BCUT2D eigenvalue weighted by atomic mass is 32.1. The molecule has 0 aliphatic rings. The van der Waals surface area contributed by atoms with Gasteiger partial charge in [-0.2, -0.15) is 0 Å². The molecule has 0 fully saturated rings. The maximum atomic E-state index is 4.28. The Morgan fingerprint density at radius 2 is 2.05 bits per heavy atom. The van der Waals surface area contributed by atoms with E-state index in [1.807, 2.05) is 7.05 Å². The lowest BCUT2D eigenvalue weighted by atomic mass is 9.93. The second kappa shape index (κ2) is 7.64. The van der Waals surface area contributed by atoms with Gasteiger partial charge in [0, 0.05) is 25.0 Å². The normalized spacial score (nSPS) is 12.8. The Hall–Kier alpha value is -1.07. The van der Waals surface area contributed by atoms with Crippen LogP contribution < -0.4 is 10.6 Å². The largest absolute Gasteiger partial charge is 0.356 e.